The van der Waals surface area contributed by atoms with Crippen molar-refractivity contribution in [1.82, 2.24) is 9.88 Å². The molecule has 0 saturated heterocycles. The van der Waals surface area contributed by atoms with Gasteiger partial charge in [-0.25, -0.2) is 4.98 Å². The van der Waals surface area contributed by atoms with E-state index in [0.717, 1.165) is 28.7 Å². The van der Waals surface area contributed by atoms with E-state index in [1.807, 2.05) is 14.1 Å². The maximum atomic E-state index is 13.3. The monoisotopic (exact) mass is 435 g/mol. The van der Waals surface area contributed by atoms with Crippen LogP contribution in [-0.4, -0.2) is 43.0 Å². The lowest BCUT2D eigenvalue weighted by atomic mass is 10.1. The zero-order valence-electron chi connectivity index (χ0n) is 16.4. The summed E-state index contributed by atoms with van der Waals surface area (Å²) >= 11 is 13.8. The van der Waals surface area contributed by atoms with E-state index < -0.39 is 0 Å². The average molecular weight is 436 g/mol. The van der Waals surface area contributed by atoms with Crippen LogP contribution in [0.1, 0.15) is 27.9 Å². The lowest BCUT2D eigenvalue weighted by Gasteiger charge is -2.21. The first kappa shape index (κ1) is 21.1. The second kappa shape index (κ2) is 8.78. The molecule has 28 heavy (non-hydrogen) atoms. The van der Waals surface area contributed by atoms with E-state index in [1.54, 1.807) is 34.4 Å². The molecule has 0 N–H and O–H groups in total. The van der Waals surface area contributed by atoms with E-state index >= 15 is 0 Å². The standard InChI is InChI=1S/C21H23Cl2N3OS/c1-13-8-14(2)19-18(9-13)24-21(28-19)26(7-5-6-25(3)4)20(27)15-10-16(22)12-17(23)11-15/h8-12H,5-7H2,1-4H3. The highest BCUT2D eigenvalue weighted by Gasteiger charge is 2.22. The van der Waals surface area contributed by atoms with E-state index in [-0.39, 0.29) is 5.91 Å². The number of aromatic nitrogens is 1. The molecule has 1 amide bonds. The van der Waals surface area contributed by atoms with Gasteiger partial charge in [-0.05, 0) is 76.3 Å². The Morgan fingerprint density at radius 1 is 1.04 bits per heavy atom. The molecular weight excluding hydrogens is 413 g/mol. The number of amides is 1. The van der Waals surface area contributed by atoms with E-state index in [9.17, 15) is 4.79 Å². The molecule has 1 aromatic heterocycles. The fourth-order valence-corrected chi connectivity index (χ4v) is 4.71. The lowest BCUT2D eigenvalue weighted by molar-refractivity contribution is 0.0986. The molecule has 0 aliphatic heterocycles. The number of carbonyl (C=O) groups is 1. The highest BCUT2D eigenvalue weighted by Crippen LogP contribution is 2.33. The molecule has 4 nitrogen and oxygen atoms in total. The Bertz CT molecular complexity index is 996. The number of halogens is 2. The topological polar surface area (TPSA) is 36.4 Å². The molecular formula is C21H23Cl2N3OS. The summed E-state index contributed by atoms with van der Waals surface area (Å²) in [6.07, 6.45) is 0.834. The molecule has 0 unspecified atom stereocenters. The summed E-state index contributed by atoms with van der Waals surface area (Å²) in [5, 5.41) is 1.59. The Morgan fingerprint density at radius 3 is 2.36 bits per heavy atom. The molecule has 0 bridgehead atoms. The fraction of sp³-hybridized carbons (Fsp3) is 0.333. The molecule has 3 aromatic rings. The fourth-order valence-electron chi connectivity index (χ4n) is 3.14. The van der Waals surface area contributed by atoms with Gasteiger partial charge in [0.15, 0.2) is 5.13 Å². The molecule has 2 aromatic carbocycles. The van der Waals surface area contributed by atoms with Crippen LogP contribution >= 0.6 is 34.5 Å². The van der Waals surface area contributed by atoms with Gasteiger partial charge in [-0.3, -0.25) is 9.69 Å². The summed E-state index contributed by atoms with van der Waals surface area (Å²) in [5.74, 6) is -0.142. The van der Waals surface area contributed by atoms with Gasteiger partial charge in [-0.15, -0.1) is 0 Å². The Balaban J connectivity index is 2.01. The summed E-state index contributed by atoms with van der Waals surface area (Å²) in [4.78, 5) is 21.9. The molecule has 0 spiro atoms. The number of nitrogens with zero attached hydrogens (tertiary/aromatic N) is 3. The van der Waals surface area contributed by atoms with Crippen LogP contribution in [0.4, 0.5) is 5.13 Å². The van der Waals surface area contributed by atoms with Gasteiger partial charge < -0.3 is 4.90 Å². The van der Waals surface area contributed by atoms with Gasteiger partial charge in [0.05, 0.1) is 10.2 Å². The maximum Gasteiger partial charge on any atom is 0.260 e. The van der Waals surface area contributed by atoms with Crippen molar-refractivity contribution < 1.29 is 4.79 Å². The third kappa shape index (κ3) is 4.84. The Kier molecular flexibility index (Phi) is 6.61. The molecule has 3 rings (SSSR count). The maximum absolute atomic E-state index is 13.3. The van der Waals surface area contributed by atoms with Crippen LogP contribution in [-0.2, 0) is 0 Å². The summed E-state index contributed by atoms with van der Waals surface area (Å²) in [5.41, 5.74) is 3.72. The summed E-state index contributed by atoms with van der Waals surface area (Å²) in [6, 6.07) is 9.12. The van der Waals surface area contributed by atoms with Crippen molar-refractivity contribution in [1.29, 1.82) is 0 Å². The lowest BCUT2D eigenvalue weighted by Crippen LogP contribution is -2.33. The van der Waals surface area contributed by atoms with Crippen LogP contribution in [0.15, 0.2) is 30.3 Å². The van der Waals surface area contributed by atoms with Gasteiger partial charge in [0, 0.05) is 22.2 Å². The van der Waals surface area contributed by atoms with E-state index in [0.29, 0.717) is 27.3 Å². The van der Waals surface area contributed by atoms with Crippen LogP contribution in [0.5, 0.6) is 0 Å². The Labute approximate surface area is 179 Å². The number of hydrogen-bond donors (Lipinski definition) is 0. The largest absolute Gasteiger partial charge is 0.309 e. The zero-order valence-corrected chi connectivity index (χ0v) is 18.8. The van der Waals surface area contributed by atoms with Crippen LogP contribution in [0.2, 0.25) is 10.0 Å². The third-order valence-corrected chi connectivity index (χ3v) is 6.05. The number of fused-ring (bicyclic) bond motifs is 1. The SMILES string of the molecule is Cc1cc(C)c2sc(N(CCCN(C)C)C(=O)c3cc(Cl)cc(Cl)c3)nc2c1. The second-order valence-electron chi connectivity index (χ2n) is 7.20. The van der Waals surface area contributed by atoms with Crippen molar-refractivity contribution >= 4 is 55.8 Å². The van der Waals surface area contributed by atoms with Crippen LogP contribution in [0.3, 0.4) is 0 Å². The van der Waals surface area contributed by atoms with Crippen molar-refractivity contribution in [2.24, 2.45) is 0 Å². The molecule has 0 radical (unpaired) electrons. The molecule has 148 valence electrons. The van der Waals surface area contributed by atoms with Gasteiger partial charge in [0.25, 0.3) is 5.91 Å². The minimum Gasteiger partial charge on any atom is -0.309 e. The van der Waals surface area contributed by atoms with E-state index in [2.05, 4.69) is 30.9 Å². The summed E-state index contributed by atoms with van der Waals surface area (Å²) < 4.78 is 1.11. The molecule has 0 atom stereocenters. The number of aryl methyl sites for hydroxylation is 2. The van der Waals surface area contributed by atoms with Gasteiger partial charge in [-0.2, -0.15) is 0 Å². The number of rotatable bonds is 6. The van der Waals surface area contributed by atoms with Crippen LogP contribution < -0.4 is 4.90 Å². The van der Waals surface area contributed by atoms with Crippen molar-refractivity contribution in [3.8, 4) is 0 Å². The van der Waals surface area contributed by atoms with Crippen LogP contribution in [0.25, 0.3) is 10.2 Å². The molecule has 0 fully saturated rings. The number of hydrogen-bond acceptors (Lipinski definition) is 4. The smallest absolute Gasteiger partial charge is 0.260 e. The molecule has 1 heterocycles. The second-order valence-corrected chi connectivity index (χ2v) is 9.05. The van der Waals surface area contributed by atoms with Gasteiger partial charge >= 0.3 is 0 Å². The minimum absolute atomic E-state index is 0.142. The molecule has 0 aliphatic rings. The average Bonchev–Trinajstić information content (AvgIpc) is 3.01. The van der Waals surface area contributed by atoms with Crippen molar-refractivity contribution in [2.75, 3.05) is 32.1 Å². The van der Waals surface area contributed by atoms with E-state index in [1.165, 1.54) is 5.56 Å². The van der Waals surface area contributed by atoms with Crippen molar-refractivity contribution in [3.63, 3.8) is 0 Å². The zero-order chi connectivity index (χ0) is 20.4. The Hall–Kier alpha value is -1.66. The Morgan fingerprint density at radius 2 is 1.71 bits per heavy atom. The van der Waals surface area contributed by atoms with E-state index in [4.69, 9.17) is 28.2 Å². The predicted molar refractivity (Wildman–Crippen MR) is 120 cm³/mol. The normalized spacial score (nSPS) is 11.4. The molecule has 0 aliphatic carbocycles. The highest BCUT2D eigenvalue weighted by molar-refractivity contribution is 7.22. The third-order valence-electron chi connectivity index (χ3n) is 4.38. The van der Waals surface area contributed by atoms with Gasteiger partial charge in [0.1, 0.15) is 0 Å². The summed E-state index contributed by atoms with van der Waals surface area (Å²) in [6.45, 7) is 5.58. The molecule has 0 saturated carbocycles. The van der Waals surface area contributed by atoms with Crippen LogP contribution in [0, 0.1) is 13.8 Å². The van der Waals surface area contributed by atoms with Crippen molar-refractivity contribution in [2.45, 2.75) is 20.3 Å². The number of benzene rings is 2. The number of carbonyl (C=O) groups excluding carboxylic acids is 1. The first-order valence-electron chi connectivity index (χ1n) is 9.05. The highest BCUT2D eigenvalue weighted by atomic mass is 35.5. The van der Waals surface area contributed by atoms with Crippen molar-refractivity contribution in [3.05, 3.63) is 57.1 Å². The number of thiazole rings is 1. The quantitative estimate of drug-likeness (QED) is 0.489. The van der Waals surface area contributed by atoms with Gasteiger partial charge in [0.2, 0.25) is 0 Å². The first-order chi connectivity index (χ1) is 13.2. The summed E-state index contributed by atoms with van der Waals surface area (Å²) in [7, 11) is 4.04. The number of anilines is 1. The predicted octanol–water partition coefficient (Wildman–Crippen LogP) is 5.82. The molecule has 7 heteroatoms. The van der Waals surface area contributed by atoms with Gasteiger partial charge in [-0.1, -0.05) is 40.6 Å². The first-order valence-corrected chi connectivity index (χ1v) is 10.6. The minimum atomic E-state index is -0.142.